The maximum atomic E-state index is 13.7. The summed E-state index contributed by atoms with van der Waals surface area (Å²) < 4.78 is 11.6. The Hall–Kier alpha value is -2.81. The molecule has 1 heterocycles. The zero-order valence-electron chi connectivity index (χ0n) is 19.5. The Morgan fingerprint density at radius 2 is 1.97 bits per heavy atom. The highest BCUT2D eigenvalue weighted by atomic mass is 16.6. The number of methoxy groups -OCH3 is 1. The lowest BCUT2D eigenvalue weighted by atomic mass is 9.73. The molecule has 0 spiro atoms. The summed E-state index contributed by atoms with van der Waals surface area (Å²) in [5.74, 6) is 8.97. The second-order valence-corrected chi connectivity index (χ2v) is 9.37. The number of benzene rings is 2. The van der Waals surface area contributed by atoms with E-state index in [1.807, 2.05) is 62.2 Å². The average Bonchev–Trinajstić information content (AvgIpc) is 2.74. The van der Waals surface area contributed by atoms with E-state index in [4.69, 9.17) is 21.7 Å². The van der Waals surface area contributed by atoms with Crippen molar-refractivity contribution in [1.82, 2.24) is 5.01 Å². The van der Waals surface area contributed by atoms with Crippen LogP contribution in [0.1, 0.15) is 62.3 Å². The Morgan fingerprint density at radius 3 is 2.59 bits per heavy atom. The quantitative estimate of drug-likeness (QED) is 0.408. The van der Waals surface area contributed by atoms with Crippen molar-refractivity contribution in [2.75, 3.05) is 13.7 Å². The predicted molar refractivity (Wildman–Crippen MR) is 127 cm³/mol. The van der Waals surface area contributed by atoms with Crippen molar-refractivity contribution in [3.8, 4) is 18.1 Å². The summed E-state index contributed by atoms with van der Waals surface area (Å²) in [6, 6.07) is 15.8. The van der Waals surface area contributed by atoms with Crippen LogP contribution in [0.2, 0.25) is 0 Å². The number of ether oxygens (including phenoxy) is 2. The second-order valence-electron chi connectivity index (χ2n) is 9.37. The highest BCUT2D eigenvalue weighted by molar-refractivity contribution is 5.80. The van der Waals surface area contributed by atoms with Crippen molar-refractivity contribution in [3.05, 3.63) is 65.2 Å². The molecule has 2 aromatic rings. The third-order valence-electron chi connectivity index (χ3n) is 5.88. The summed E-state index contributed by atoms with van der Waals surface area (Å²) in [5.41, 5.74) is 2.24. The highest BCUT2D eigenvalue weighted by Crippen LogP contribution is 2.46. The number of nitrogens with two attached hydrogens (primary N) is 1. The molecule has 0 saturated carbocycles. The maximum Gasteiger partial charge on any atom is 0.314 e. The molecule has 5 nitrogen and oxygen atoms in total. The van der Waals surface area contributed by atoms with Crippen LogP contribution in [0.5, 0.6) is 5.75 Å². The third kappa shape index (κ3) is 5.51. The summed E-state index contributed by atoms with van der Waals surface area (Å²) in [7, 11) is 1.62. The molecule has 3 rings (SSSR count). The number of rotatable bonds is 6. The van der Waals surface area contributed by atoms with Gasteiger partial charge in [0.1, 0.15) is 11.4 Å². The molecule has 0 aliphatic carbocycles. The SMILES string of the molecule is C#CCc1ccc(OC)c(C(C(=O)OC(C)(C)C)[C@@H]2CCCN(N)[C@@H]2c2ccccc2)c1. The first-order valence-electron chi connectivity index (χ1n) is 11.1. The summed E-state index contributed by atoms with van der Waals surface area (Å²) in [4.78, 5) is 13.7. The van der Waals surface area contributed by atoms with Gasteiger partial charge in [-0.3, -0.25) is 10.6 Å². The number of piperidine rings is 1. The number of hydrogen-bond donors (Lipinski definition) is 1. The Morgan fingerprint density at radius 1 is 1.25 bits per heavy atom. The van der Waals surface area contributed by atoms with E-state index in [1.54, 1.807) is 7.11 Å². The number of esters is 1. The lowest BCUT2D eigenvalue weighted by Gasteiger charge is -2.42. The minimum atomic E-state index is -0.613. The molecule has 1 aliphatic heterocycles. The molecular formula is C27H34N2O3. The monoisotopic (exact) mass is 434 g/mol. The summed E-state index contributed by atoms with van der Waals surface area (Å²) in [6.07, 6.45) is 7.79. The van der Waals surface area contributed by atoms with E-state index in [0.717, 1.165) is 36.1 Å². The van der Waals surface area contributed by atoms with Gasteiger partial charge in [-0.2, -0.15) is 0 Å². The van der Waals surface area contributed by atoms with E-state index in [1.165, 1.54) is 0 Å². The van der Waals surface area contributed by atoms with Crippen molar-refractivity contribution in [1.29, 1.82) is 0 Å². The van der Waals surface area contributed by atoms with Gasteiger partial charge in [0.2, 0.25) is 0 Å². The van der Waals surface area contributed by atoms with Crippen molar-refractivity contribution in [2.45, 2.75) is 57.6 Å². The highest BCUT2D eigenvalue weighted by Gasteiger charge is 2.43. The van der Waals surface area contributed by atoms with Crippen LogP contribution in [-0.4, -0.2) is 30.2 Å². The van der Waals surface area contributed by atoms with Crippen LogP contribution in [-0.2, 0) is 16.0 Å². The number of carbonyl (C=O) groups excluding carboxylic acids is 1. The molecular weight excluding hydrogens is 400 g/mol. The number of hydrogen-bond acceptors (Lipinski definition) is 5. The molecule has 1 aliphatic rings. The summed E-state index contributed by atoms with van der Waals surface area (Å²) in [6.45, 7) is 6.43. The average molecular weight is 435 g/mol. The molecule has 0 aromatic heterocycles. The van der Waals surface area contributed by atoms with Crippen molar-refractivity contribution in [3.63, 3.8) is 0 Å². The molecule has 2 N–H and O–H groups in total. The Balaban J connectivity index is 2.15. The number of carbonyl (C=O) groups is 1. The van der Waals surface area contributed by atoms with Crippen molar-refractivity contribution in [2.24, 2.45) is 11.8 Å². The normalized spacial score (nSPS) is 20.2. The summed E-state index contributed by atoms with van der Waals surface area (Å²) >= 11 is 0. The Kier molecular flexibility index (Phi) is 7.60. The van der Waals surface area contributed by atoms with Gasteiger partial charge in [0.05, 0.1) is 19.1 Å². The van der Waals surface area contributed by atoms with Crippen LogP contribution in [0.3, 0.4) is 0 Å². The molecule has 1 saturated heterocycles. The maximum absolute atomic E-state index is 13.7. The molecule has 1 fully saturated rings. The minimum absolute atomic E-state index is 0.0824. The zero-order chi connectivity index (χ0) is 23.3. The van der Waals surface area contributed by atoms with Crippen LogP contribution in [0, 0.1) is 18.3 Å². The number of nitrogens with zero attached hydrogens (tertiary/aromatic N) is 1. The van der Waals surface area contributed by atoms with E-state index in [9.17, 15) is 4.79 Å². The van der Waals surface area contributed by atoms with Crippen LogP contribution in [0.25, 0.3) is 0 Å². The fraction of sp³-hybridized carbons (Fsp3) is 0.444. The minimum Gasteiger partial charge on any atom is -0.496 e. The van der Waals surface area contributed by atoms with E-state index < -0.39 is 11.5 Å². The van der Waals surface area contributed by atoms with E-state index >= 15 is 0 Å². The molecule has 3 atom stereocenters. The lowest BCUT2D eigenvalue weighted by molar-refractivity contribution is -0.159. The number of terminal acetylenes is 1. The smallest absolute Gasteiger partial charge is 0.314 e. The molecule has 170 valence electrons. The fourth-order valence-corrected chi connectivity index (χ4v) is 4.64. The van der Waals surface area contributed by atoms with Crippen LogP contribution in [0.4, 0.5) is 0 Å². The van der Waals surface area contributed by atoms with Gasteiger partial charge in [0.25, 0.3) is 0 Å². The predicted octanol–water partition coefficient (Wildman–Crippen LogP) is 4.62. The van der Waals surface area contributed by atoms with E-state index in [-0.39, 0.29) is 17.9 Å². The van der Waals surface area contributed by atoms with Gasteiger partial charge in [-0.1, -0.05) is 42.5 Å². The summed E-state index contributed by atoms with van der Waals surface area (Å²) in [5, 5.41) is 1.86. The first-order chi connectivity index (χ1) is 15.2. The first kappa shape index (κ1) is 23.8. The lowest BCUT2D eigenvalue weighted by Crippen LogP contribution is -2.47. The van der Waals surface area contributed by atoms with Gasteiger partial charge in [0, 0.05) is 18.5 Å². The largest absolute Gasteiger partial charge is 0.496 e. The van der Waals surface area contributed by atoms with Gasteiger partial charge in [-0.25, -0.2) is 5.01 Å². The molecule has 32 heavy (non-hydrogen) atoms. The first-order valence-corrected chi connectivity index (χ1v) is 11.1. The molecule has 1 unspecified atom stereocenters. The van der Waals surface area contributed by atoms with Gasteiger partial charge >= 0.3 is 5.97 Å². The Labute approximate surface area is 191 Å². The third-order valence-corrected chi connectivity index (χ3v) is 5.88. The zero-order valence-corrected chi connectivity index (χ0v) is 19.5. The van der Waals surface area contributed by atoms with Crippen molar-refractivity contribution < 1.29 is 14.3 Å². The van der Waals surface area contributed by atoms with Crippen LogP contribution in [0.15, 0.2) is 48.5 Å². The molecule has 0 radical (unpaired) electrons. The molecule has 0 amide bonds. The van der Waals surface area contributed by atoms with E-state index in [0.29, 0.717) is 12.2 Å². The topological polar surface area (TPSA) is 64.8 Å². The fourth-order valence-electron chi connectivity index (χ4n) is 4.64. The van der Waals surface area contributed by atoms with Gasteiger partial charge in [-0.15, -0.1) is 12.3 Å². The van der Waals surface area contributed by atoms with Gasteiger partial charge in [0.15, 0.2) is 0 Å². The van der Waals surface area contributed by atoms with Crippen LogP contribution < -0.4 is 10.6 Å². The van der Waals surface area contributed by atoms with Crippen molar-refractivity contribution >= 4 is 5.97 Å². The van der Waals surface area contributed by atoms with Gasteiger partial charge in [-0.05, 0) is 56.7 Å². The van der Waals surface area contributed by atoms with Crippen LogP contribution >= 0.6 is 0 Å². The second kappa shape index (κ2) is 10.2. The number of hydrazine groups is 1. The molecule has 2 aromatic carbocycles. The standard InChI is InChI=1S/C27H34N2O3/c1-6-11-19-15-16-23(31-5)22(18-19)24(26(30)32-27(2,3)4)21-14-10-17-29(28)25(21)20-12-8-7-9-13-20/h1,7-9,12-13,15-16,18,21,24-25H,10-11,14,17,28H2,2-5H3/t21-,24?,25+/m0/s1. The Bertz CT molecular complexity index is 959. The molecule has 0 bridgehead atoms. The molecule has 5 heteroatoms. The van der Waals surface area contributed by atoms with Gasteiger partial charge < -0.3 is 9.47 Å². The van der Waals surface area contributed by atoms with E-state index in [2.05, 4.69) is 18.1 Å².